The predicted octanol–water partition coefficient (Wildman–Crippen LogP) is 1.89. The van der Waals surface area contributed by atoms with Gasteiger partial charge in [0.05, 0.1) is 11.8 Å². The smallest absolute Gasteiger partial charge is 0.260 e. The zero-order valence-corrected chi connectivity index (χ0v) is 9.64. The Morgan fingerprint density at radius 3 is 2.56 bits per heavy atom. The molecule has 18 heavy (non-hydrogen) atoms. The molecule has 0 spiro atoms. The number of carbonyl (C=O) groups is 2. The van der Waals surface area contributed by atoms with Crippen LogP contribution in [0.15, 0.2) is 41.2 Å². The van der Waals surface area contributed by atoms with Gasteiger partial charge >= 0.3 is 0 Å². The minimum atomic E-state index is -0.323. The highest BCUT2D eigenvalue weighted by molar-refractivity contribution is 6.04. The first-order valence-corrected chi connectivity index (χ1v) is 5.23. The summed E-state index contributed by atoms with van der Waals surface area (Å²) in [6.45, 7) is 1.42. The zero-order valence-electron chi connectivity index (χ0n) is 9.64. The van der Waals surface area contributed by atoms with E-state index in [2.05, 4.69) is 20.3 Å². The van der Waals surface area contributed by atoms with E-state index in [0.717, 1.165) is 0 Å². The Morgan fingerprint density at radius 2 is 1.94 bits per heavy atom. The third-order valence-corrected chi connectivity index (χ3v) is 2.14. The van der Waals surface area contributed by atoms with E-state index in [9.17, 15) is 9.59 Å². The summed E-state index contributed by atoms with van der Waals surface area (Å²) in [6, 6.07) is 6.84. The fourth-order valence-electron chi connectivity index (χ4n) is 1.40. The Bertz CT molecular complexity index is 564. The monoisotopic (exact) mass is 245 g/mol. The van der Waals surface area contributed by atoms with Crippen molar-refractivity contribution >= 4 is 23.2 Å². The molecule has 0 aliphatic heterocycles. The van der Waals surface area contributed by atoms with Crippen LogP contribution in [0.3, 0.4) is 0 Å². The van der Waals surface area contributed by atoms with Gasteiger partial charge in [0.1, 0.15) is 6.26 Å². The molecule has 1 heterocycles. The molecule has 0 saturated heterocycles. The number of nitrogens with one attached hydrogen (secondary N) is 2. The average Bonchev–Trinajstić information content (AvgIpc) is 2.81. The van der Waals surface area contributed by atoms with Crippen LogP contribution in [-0.2, 0) is 4.79 Å². The summed E-state index contributed by atoms with van der Waals surface area (Å²) in [5.41, 5.74) is 1.53. The maximum atomic E-state index is 11.7. The number of amides is 2. The predicted molar refractivity (Wildman–Crippen MR) is 65.2 cm³/mol. The lowest BCUT2D eigenvalue weighted by Gasteiger charge is -2.06. The molecule has 2 N–H and O–H groups in total. The molecule has 6 nitrogen and oxygen atoms in total. The number of carbonyl (C=O) groups excluding carboxylic acids is 2. The van der Waals surface area contributed by atoms with E-state index in [0.29, 0.717) is 16.9 Å². The van der Waals surface area contributed by atoms with Gasteiger partial charge in [-0.15, -0.1) is 0 Å². The molecule has 0 aliphatic rings. The lowest BCUT2D eigenvalue weighted by atomic mass is 10.2. The van der Waals surface area contributed by atoms with Crippen molar-refractivity contribution in [1.29, 1.82) is 0 Å². The van der Waals surface area contributed by atoms with Gasteiger partial charge in [-0.05, 0) is 18.2 Å². The Balaban J connectivity index is 2.10. The van der Waals surface area contributed by atoms with Gasteiger partial charge in [-0.1, -0.05) is 11.2 Å². The average molecular weight is 245 g/mol. The number of benzene rings is 1. The summed E-state index contributed by atoms with van der Waals surface area (Å²) in [4.78, 5) is 22.6. The highest BCUT2D eigenvalue weighted by Crippen LogP contribution is 2.15. The number of nitrogens with zero attached hydrogens (tertiary/aromatic N) is 1. The van der Waals surface area contributed by atoms with Crippen molar-refractivity contribution in [3.05, 3.63) is 42.3 Å². The largest absolute Gasteiger partial charge is 0.364 e. The van der Waals surface area contributed by atoms with Crippen molar-refractivity contribution in [1.82, 2.24) is 5.16 Å². The van der Waals surface area contributed by atoms with Crippen molar-refractivity contribution < 1.29 is 14.1 Å². The molecule has 2 aromatic rings. The van der Waals surface area contributed by atoms with E-state index in [-0.39, 0.29) is 11.8 Å². The zero-order chi connectivity index (χ0) is 13.0. The summed E-state index contributed by atoms with van der Waals surface area (Å²) in [6.07, 6.45) is 2.58. The van der Waals surface area contributed by atoms with Crippen molar-refractivity contribution in [3.63, 3.8) is 0 Å². The molecule has 0 fully saturated rings. The Hall–Kier alpha value is -2.63. The summed E-state index contributed by atoms with van der Waals surface area (Å²) in [7, 11) is 0. The second-order valence-electron chi connectivity index (χ2n) is 3.63. The van der Waals surface area contributed by atoms with Crippen LogP contribution in [0.4, 0.5) is 11.4 Å². The van der Waals surface area contributed by atoms with Crippen LogP contribution < -0.4 is 10.6 Å². The van der Waals surface area contributed by atoms with E-state index < -0.39 is 0 Å². The summed E-state index contributed by atoms with van der Waals surface area (Å²) in [5, 5.41) is 8.75. The molecule has 0 saturated carbocycles. The van der Waals surface area contributed by atoms with Crippen molar-refractivity contribution in [2.75, 3.05) is 10.6 Å². The number of aromatic nitrogens is 1. The molecule has 92 valence electrons. The lowest BCUT2D eigenvalue weighted by molar-refractivity contribution is -0.114. The molecule has 0 atom stereocenters. The van der Waals surface area contributed by atoms with E-state index in [1.165, 1.54) is 19.4 Å². The minimum absolute atomic E-state index is 0.169. The van der Waals surface area contributed by atoms with Crippen molar-refractivity contribution in [2.45, 2.75) is 6.92 Å². The van der Waals surface area contributed by atoms with E-state index in [1.807, 2.05) is 0 Å². The molecule has 0 bridgehead atoms. The first kappa shape index (κ1) is 11.8. The molecular weight excluding hydrogens is 234 g/mol. The summed E-state index contributed by atoms with van der Waals surface area (Å²) < 4.78 is 4.58. The first-order chi connectivity index (χ1) is 8.65. The molecule has 0 aliphatic carbocycles. The van der Waals surface area contributed by atoms with Gasteiger partial charge in [0, 0.05) is 18.3 Å². The van der Waals surface area contributed by atoms with Crippen molar-refractivity contribution in [2.24, 2.45) is 0 Å². The van der Waals surface area contributed by atoms with Gasteiger partial charge in [0.25, 0.3) is 5.91 Å². The highest BCUT2D eigenvalue weighted by atomic mass is 16.5. The third kappa shape index (κ3) is 2.94. The van der Waals surface area contributed by atoms with Crippen LogP contribution >= 0.6 is 0 Å². The standard InChI is InChI=1S/C12H11N3O3/c1-8(16)14-10-3-2-4-11(5-10)15-12(17)9-6-13-18-7-9/h2-7H,1H3,(H,14,16)(H,15,17). The third-order valence-electron chi connectivity index (χ3n) is 2.14. The molecule has 0 radical (unpaired) electrons. The lowest BCUT2D eigenvalue weighted by Crippen LogP contribution is -2.11. The maximum absolute atomic E-state index is 11.7. The summed E-state index contributed by atoms with van der Waals surface area (Å²) in [5.74, 6) is -0.492. The van der Waals surface area contributed by atoms with Gasteiger partial charge in [-0.25, -0.2) is 0 Å². The molecular formula is C12H11N3O3. The fourth-order valence-corrected chi connectivity index (χ4v) is 1.40. The Morgan fingerprint density at radius 1 is 1.22 bits per heavy atom. The second kappa shape index (κ2) is 5.13. The van der Waals surface area contributed by atoms with Crippen LogP contribution in [-0.4, -0.2) is 17.0 Å². The van der Waals surface area contributed by atoms with Gasteiger partial charge < -0.3 is 15.2 Å². The topological polar surface area (TPSA) is 84.2 Å². The highest BCUT2D eigenvalue weighted by Gasteiger charge is 2.08. The summed E-state index contributed by atoms with van der Waals surface area (Å²) >= 11 is 0. The molecule has 0 unspecified atom stereocenters. The van der Waals surface area contributed by atoms with Gasteiger partial charge in [-0.2, -0.15) is 0 Å². The van der Waals surface area contributed by atoms with Crippen molar-refractivity contribution in [3.8, 4) is 0 Å². The van der Waals surface area contributed by atoms with E-state index in [1.54, 1.807) is 24.3 Å². The van der Waals surface area contributed by atoms with Crippen LogP contribution in [0.1, 0.15) is 17.3 Å². The number of rotatable bonds is 3. The van der Waals surface area contributed by atoms with Gasteiger partial charge in [0.2, 0.25) is 5.91 Å². The van der Waals surface area contributed by atoms with Crippen LogP contribution in [0.5, 0.6) is 0 Å². The number of anilines is 2. The molecule has 2 rings (SSSR count). The number of hydrogen-bond acceptors (Lipinski definition) is 4. The van der Waals surface area contributed by atoms with Crippen LogP contribution in [0.25, 0.3) is 0 Å². The van der Waals surface area contributed by atoms with Crippen LogP contribution in [0, 0.1) is 0 Å². The van der Waals surface area contributed by atoms with E-state index in [4.69, 9.17) is 0 Å². The first-order valence-electron chi connectivity index (χ1n) is 5.23. The quantitative estimate of drug-likeness (QED) is 0.864. The van der Waals surface area contributed by atoms with E-state index >= 15 is 0 Å². The second-order valence-corrected chi connectivity index (χ2v) is 3.63. The number of hydrogen-bond donors (Lipinski definition) is 2. The molecule has 1 aromatic heterocycles. The normalized spacial score (nSPS) is 9.83. The Labute approximate surface area is 103 Å². The molecule has 1 aromatic carbocycles. The van der Waals surface area contributed by atoms with Gasteiger partial charge in [-0.3, -0.25) is 9.59 Å². The molecule has 2 amide bonds. The SMILES string of the molecule is CC(=O)Nc1cccc(NC(=O)c2cnoc2)c1. The molecule has 6 heteroatoms. The minimum Gasteiger partial charge on any atom is -0.364 e. The van der Waals surface area contributed by atoms with Gasteiger partial charge in [0.15, 0.2) is 0 Å². The van der Waals surface area contributed by atoms with Crippen LogP contribution in [0.2, 0.25) is 0 Å². The Kier molecular flexibility index (Phi) is 3.38. The maximum Gasteiger partial charge on any atom is 0.260 e. The fraction of sp³-hybridized carbons (Fsp3) is 0.0833.